The molecule has 0 bridgehead atoms. The fraction of sp³-hybridized carbons (Fsp3) is 0.417. The lowest BCUT2D eigenvalue weighted by atomic mass is 10.3. The summed E-state index contributed by atoms with van der Waals surface area (Å²) in [6.07, 6.45) is -0.812. The van der Waals surface area contributed by atoms with E-state index in [-0.39, 0.29) is 0 Å². The first kappa shape index (κ1) is 16.2. The highest BCUT2D eigenvalue weighted by molar-refractivity contribution is 9.10. The minimum absolute atomic E-state index is 0.349. The Morgan fingerprint density at radius 1 is 1.53 bits per heavy atom. The number of hydrogen-bond acceptors (Lipinski definition) is 4. The highest BCUT2D eigenvalue weighted by Crippen LogP contribution is 2.31. The Labute approximate surface area is 124 Å². The van der Waals surface area contributed by atoms with Crippen LogP contribution in [0.3, 0.4) is 0 Å². The molecule has 19 heavy (non-hydrogen) atoms. The van der Waals surface area contributed by atoms with Gasteiger partial charge in [-0.2, -0.15) is 0 Å². The molecule has 0 heterocycles. The van der Waals surface area contributed by atoms with E-state index in [9.17, 15) is 4.79 Å². The van der Waals surface area contributed by atoms with E-state index in [1.807, 2.05) is 12.1 Å². The second-order valence-electron chi connectivity index (χ2n) is 3.74. The van der Waals surface area contributed by atoms with Gasteiger partial charge in [-0.25, -0.2) is 0 Å². The number of carbonyl (C=O) groups excluding carboxylic acids is 1. The molecule has 7 heteroatoms. The number of hydrogen-bond donors (Lipinski definition) is 3. The van der Waals surface area contributed by atoms with Crippen LogP contribution in [0.4, 0.5) is 0 Å². The molecule has 106 valence electrons. The van der Waals surface area contributed by atoms with Gasteiger partial charge in [-0.3, -0.25) is 4.79 Å². The fourth-order valence-corrected chi connectivity index (χ4v) is 1.79. The summed E-state index contributed by atoms with van der Waals surface area (Å²) in [5.74, 6) is -0.0271. The lowest BCUT2D eigenvalue weighted by molar-refractivity contribution is -0.131. The van der Waals surface area contributed by atoms with Crippen molar-refractivity contribution >= 4 is 33.4 Å². The highest BCUT2D eigenvalue weighted by Gasteiger charge is 2.12. The van der Waals surface area contributed by atoms with E-state index in [0.29, 0.717) is 30.3 Å². The van der Waals surface area contributed by atoms with Crippen molar-refractivity contribution in [2.45, 2.75) is 12.5 Å². The molecule has 1 aromatic rings. The van der Waals surface area contributed by atoms with E-state index in [0.717, 1.165) is 4.47 Å². The van der Waals surface area contributed by atoms with Crippen molar-refractivity contribution in [1.29, 1.82) is 0 Å². The zero-order valence-corrected chi connectivity index (χ0v) is 12.4. The first-order valence-corrected chi connectivity index (χ1v) is 6.86. The number of carbonyl (C=O) groups is 1. The van der Waals surface area contributed by atoms with Crippen LogP contribution in [-0.2, 0) is 4.79 Å². The Balaban J connectivity index is 2.24. The van der Waals surface area contributed by atoms with Crippen molar-refractivity contribution in [2.24, 2.45) is 0 Å². The fourth-order valence-electron chi connectivity index (χ4n) is 1.26. The van der Waals surface area contributed by atoms with E-state index in [1.165, 1.54) is 0 Å². The quantitative estimate of drug-likeness (QED) is 0.647. The molecule has 1 rings (SSSR count). The molecule has 5 nitrogen and oxygen atoms in total. The zero-order chi connectivity index (χ0) is 14.3. The van der Waals surface area contributed by atoms with E-state index in [1.54, 1.807) is 6.07 Å². The second-order valence-corrected chi connectivity index (χ2v) is 4.98. The maximum absolute atomic E-state index is 11.1. The monoisotopic (exact) mass is 351 g/mol. The summed E-state index contributed by atoms with van der Waals surface area (Å²) in [6.45, 7) is 0.142. The van der Waals surface area contributed by atoms with Gasteiger partial charge in [-0.15, -0.1) is 0 Å². The number of benzene rings is 1. The molecule has 3 N–H and O–H groups in total. The van der Waals surface area contributed by atoms with Crippen molar-refractivity contribution in [3.63, 3.8) is 0 Å². The molecule has 0 saturated heterocycles. The molecule has 0 spiro atoms. The summed E-state index contributed by atoms with van der Waals surface area (Å²) in [5, 5.41) is 20.5. The molecule has 1 amide bonds. The van der Waals surface area contributed by atoms with Crippen molar-refractivity contribution in [1.82, 2.24) is 5.32 Å². The Morgan fingerprint density at radius 2 is 2.26 bits per heavy atom. The number of aliphatic hydroxyl groups is 2. The lowest BCUT2D eigenvalue weighted by Gasteiger charge is -2.10. The van der Waals surface area contributed by atoms with Gasteiger partial charge in [0.15, 0.2) is 6.10 Å². The maximum Gasteiger partial charge on any atom is 0.251 e. The molecule has 1 unspecified atom stereocenters. The predicted molar refractivity (Wildman–Crippen MR) is 75.4 cm³/mol. The molecule has 0 aliphatic heterocycles. The van der Waals surface area contributed by atoms with Gasteiger partial charge in [0.05, 0.1) is 18.2 Å². The third-order valence-electron chi connectivity index (χ3n) is 2.27. The molecule has 0 aliphatic carbocycles. The van der Waals surface area contributed by atoms with Crippen LogP contribution in [0.25, 0.3) is 0 Å². The molecule has 0 fully saturated rings. The smallest absolute Gasteiger partial charge is 0.251 e. The van der Waals surface area contributed by atoms with Gasteiger partial charge < -0.3 is 20.3 Å². The summed E-state index contributed by atoms with van der Waals surface area (Å²) < 4.78 is 6.22. The van der Waals surface area contributed by atoms with Crippen LogP contribution in [0, 0.1) is 0 Å². The second kappa shape index (κ2) is 8.37. The van der Waals surface area contributed by atoms with Gasteiger partial charge >= 0.3 is 0 Å². The summed E-state index contributed by atoms with van der Waals surface area (Å²) >= 11 is 9.31. The molecule has 1 atom stereocenters. The predicted octanol–water partition coefficient (Wildman–Crippen LogP) is 1.34. The van der Waals surface area contributed by atoms with Crippen LogP contribution in [0.1, 0.15) is 6.42 Å². The van der Waals surface area contributed by atoms with Crippen molar-refractivity contribution in [3.8, 4) is 5.75 Å². The van der Waals surface area contributed by atoms with Crippen molar-refractivity contribution in [2.75, 3.05) is 19.8 Å². The van der Waals surface area contributed by atoms with Crippen LogP contribution in [0.5, 0.6) is 5.75 Å². The minimum atomic E-state index is -1.37. The topological polar surface area (TPSA) is 78.8 Å². The number of rotatable bonds is 7. The molecular weight excluding hydrogens is 337 g/mol. The standard InChI is InChI=1S/C12H15BrClNO4/c13-8-3-1-4-10(11(8)14)19-6-2-5-15-12(18)9(17)7-16/h1,3-4,9,16-17H,2,5-7H2,(H,15,18). The van der Waals surface area contributed by atoms with Crippen molar-refractivity contribution in [3.05, 3.63) is 27.7 Å². The lowest BCUT2D eigenvalue weighted by Crippen LogP contribution is -2.37. The average molecular weight is 353 g/mol. The number of aliphatic hydroxyl groups excluding tert-OH is 2. The Hall–Kier alpha value is -0.820. The van der Waals surface area contributed by atoms with Crippen molar-refractivity contribution < 1.29 is 19.7 Å². The Morgan fingerprint density at radius 3 is 2.95 bits per heavy atom. The molecule has 0 aromatic heterocycles. The van der Waals surface area contributed by atoms with Crippen LogP contribution in [0.2, 0.25) is 5.02 Å². The summed E-state index contributed by atoms with van der Waals surface area (Å²) in [4.78, 5) is 11.1. The first-order valence-electron chi connectivity index (χ1n) is 5.69. The number of ether oxygens (including phenoxy) is 1. The van der Waals surface area contributed by atoms with Crippen LogP contribution in [-0.4, -0.2) is 42.0 Å². The molecule has 0 aliphatic rings. The first-order chi connectivity index (χ1) is 9.06. The van der Waals surface area contributed by atoms with Gasteiger partial charge in [0, 0.05) is 11.0 Å². The number of nitrogens with one attached hydrogen (secondary N) is 1. The summed E-state index contributed by atoms with van der Waals surface area (Å²) in [6, 6.07) is 5.37. The molecule has 0 radical (unpaired) electrons. The van der Waals surface area contributed by atoms with E-state index < -0.39 is 18.6 Å². The van der Waals surface area contributed by atoms with Gasteiger partial charge in [0.2, 0.25) is 0 Å². The van der Waals surface area contributed by atoms with E-state index in [2.05, 4.69) is 21.2 Å². The van der Waals surface area contributed by atoms with E-state index in [4.69, 9.17) is 26.6 Å². The van der Waals surface area contributed by atoms with Gasteiger partial charge in [0.25, 0.3) is 5.91 Å². The summed E-state index contributed by atoms with van der Waals surface area (Å²) in [7, 11) is 0. The highest BCUT2D eigenvalue weighted by atomic mass is 79.9. The van der Waals surface area contributed by atoms with Crippen LogP contribution < -0.4 is 10.1 Å². The molecule has 1 aromatic carbocycles. The maximum atomic E-state index is 11.1. The number of halogens is 2. The zero-order valence-electron chi connectivity index (χ0n) is 10.1. The SMILES string of the molecule is O=C(NCCCOc1cccc(Br)c1Cl)C(O)CO. The van der Waals surface area contributed by atoms with Gasteiger partial charge in [-0.05, 0) is 34.5 Å². The normalized spacial score (nSPS) is 12.0. The largest absolute Gasteiger partial charge is 0.492 e. The van der Waals surface area contributed by atoms with Crippen LogP contribution >= 0.6 is 27.5 Å². The Bertz CT molecular complexity index is 430. The third-order valence-corrected chi connectivity index (χ3v) is 3.55. The number of amides is 1. The third kappa shape index (κ3) is 5.36. The van der Waals surface area contributed by atoms with Gasteiger partial charge in [0.1, 0.15) is 5.75 Å². The molecular formula is C12H15BrClNO4. The summed E-state index contributed by atoms with van der Waals surface area (Å²) in [5.41, 5.74) is 0. The van der Waals surface area contributed by atoms with Crippen LogP contribution in [0.15, 0.2) is 22.7 Å². The van der Waals surface area contributed by atoms with Gasteiger partial charge in [-0.1, -0.05) is 17.7 Å². The minimum Gasteiger partial charge on any atom is -0.492 e. The van der Waals surface area contributed by atoms with E-state index >= 15 is 0 Å². The average Bonchev–Trinajstić information content (AvgIpc) is 2.41. The Kier molecular flexibility index (Phi) is 7.15. The molecule has 0 saturated carbocycles.